The molecule has 0 amide bonds. The summed E-state index contributed by atoms with van der Waals surface area (Å²) in [5.74, 6) is 0.534. The largest absolute Gasteiger partial charge is 0.454 e. The minimum absolute atomic E-state index is 0.0144. The highest BCUT2D eigenvalue weighted by Gasteiger charge is 2.08. The summed E-state index contributed by atoms with van der Waals surface area (Å²) in [5, 5.41) is 0. The molecule has 2 aromatic rings. The zero-order valence-electron chi connectivity index (χ0n) is 12.1. The van der Waals surface area contributed by atoms with E-state index in [9.17, 15) is 4.39 Å². The van der Waals surface area contributed by atoms with Crippen molar-refractivity contribution in [3.05, 3.63) is 58.9 Å². The quantitative estimate of drug-likeness (QED) is 0.909. The third-order valence-corrected chi connectivity index (χ3v) is 2.98. The van der Waals surface area contributed by atoms with E-state index in [2.05, 4.69) is 6.07 Å². The molecule has 2 N–H and O–H groups in total. The first-order chi connectivity index (χ1) is 9.44. The van der Waals surface area contributed by atoms with Crippen LogP contribution in [0.5, 0.6) is 11.5 Å². The third kappa shape index (κ3) is 3.81. The zero-order valence-corrected chi connectivity index (χ0v) is 12.1. The van der Waals surface area contributed by atoms with Crippen molar-refractivity contribution in [1.29, 1.82) is 0 Å². The van der Waals surface area contributed by atoms with Crippen molar-refractivity contribution < 1.29 is 9.13 Å². The SMILES string of the molecule is Cc1cc(C)cc(Oc2ccc(CC(C)N)cc2F)c1. The molecule has 3 heteroatoms. The number of ether oxygens (including phenoxy) is 1. The standard InChI is InChI=1S/C17H20FNO/c1-11-6-12(2)8-15(7-11)20-17-5-4-14(9-13(3)19)10-16(17)18/h4-8,10,13H,9,19H2,1-3H3. The van der Waals surface area contributed by atoms with E-state index in [1.807, 2.05) is 39.0 Å². The lowest BCUT2D eigenvalue weighted by molar-refractivity contribution is 0.441. The van der Waals surface area contributed by atoms with Gasteiger partial charge in [0.2, 0.25) is 0 Å². The van der Waals surface area contributed by atoms with Crippen LogP contribution in [0.25, 0.3) is 0 Å². The highest BCUT2D eigenvalue weighted by Crippen LogP contribution is 2.27. The Morgan fingerprint density at radius 2 is 1.75 bits per heavy atom. The van der Waals surface area contributed by atoms with Crippen LogP contribution in [0.4, 0.5) is 4.39 Å². The van der Waals surface area contributed by atoms with E-state index >= 15 is 0 Å². The van der Waals surface area contributed by atoms with Crippen molar-refractivity contribution in [2.45, 2.75) is 33.2 Å². The van der Waals surface area contributed by atoms with Crippen LogP contribution in [-0.4, -0.2) is 6.04 Å². The van der Waals surface area contributed by atoms with Crippen molar-refractivity contribution in [2.24, 2.45) is 5.73 Å². The second-order valence-corrected chi connectivity index (χ2v) is 5.37. The molecule has 0 aliphatic rings. The Morgan fingerprint density at radius 1 is 1.10 bits per heavy atom. The number of nitrogens with two attached hydrogens (primary N) is 1. The van der Waals surface area contributed by atoms with E-state index in [1.165, 1.54) is 6.07 Å². The summed E-state index contributed by atoms with van der Waals surface area (Å²) in [7, 11) is 0. The van der Waals surface area contributed by atoms with Crippen molar-refractivity contribution in [2.75, 3.05) is 0 Å². The number of halogens is 1. The molecule has 106 valence electrons. The van der Waals surface area contributed by atoms with Crippen LogP contribution in [0.15, 0.2) is 36.4 Å². The van der Waals surface area contributed by atoms with Crippen molar-refractivity contribution >= 4 is 0 Å². The van der Waals surface area contributed by atoms with Gasteiger partial charge in [0.25, 0.3) is 0 Å². The van der Waals surface area contributed by atoms with E-state index in [4.69, 9.17) is 10.5 Å². The second-order valence-electron chi connectivity index (χ2n) is 5.37. The van der Waals surface area contributed by atoms with E-state index in [0.29, 0.717) is 12.2 Å². The summed E-state index contributed by atoms with van der Waals surface area (Å²) in [4.78, 5) is 0. The third-order valence-electron chi connectivity index (χ3n) is 2.98. The first kappa shape index (κ1) is 14.5. The average molecular weight is 273 g/mol. The topological polar surface area (TPSA) is 35.2 Å². The van der Waals surface area contributed by atoms with Gasteiger partial charge in [0.1, 0.15) is 5.75 Å². The smallest absolute Gasteiger partial charge is 0.165 e. The fraction of sp³-hybridized carbons (Fsp3) is 0.294. The number of hydrogen-bond donors (Lipinski definition) is 1. The molecule has 1 unspecified atom stereocenters. The molecule has 0 aliphatic heterocycles. The minimum Gasteiger partial charge on any atom is -0.454 e. The van der Waals surface area contributed by atoms with Gasteiger partial charge in [-0.2, -0.15) is 0 Å². The summed E-state index contributed by atoms with van der Waals surface area (Å²) < 4.78 is 19.6. The minimum atomic E-state index is -0.359. The van der Waals surface area contributed by atoms with Gasteiger partial charge in [0.15, 0.2) is 11.6 Å². The van der Waals surface area contributed by atoms with Gasteiger partial charge in [0, 0.05) is 6.04 Å². The maximum absolute atomic E-state index is 14.0. The van der Waals surface area contributed by atoms with E-state index in [0.717, 1.165) is 16.7 Å². The highest BCUT2D eigenvalue weighted by atomic mass is 19.1. The van der Waals surface area contributed by atoms with Gasteiger partial charge >= 0.3 is 0 Å². The van der Waals surface area contributed by atoms with Crippen LogP contribution in [-0.2, 0) is 6.42 Å². The molecule has 0 radical (unpaired) electrons. The molecule has 0 fully saturated rings. The predicted molar refractivity (Wildman–Crippen MR) is 79.7 cm³/mol. The Labute approximate surface area is 119 Å². The summed E-state index contributed by atoms with van der Waals surface area (Å²) >= 11 is 0. The summed E-state index contributed by atoms with van der Waals surface area (Å²) in [6, 6.07) is 10.8. The molecular formula is C17H20FNO. The Bertz CT molecular complexity index is 588. The molecule has 2 nitrogen and oxygen atoms in total. The normalized spacial score (nSPS) is 12.2. The Kier molecular flexibility index (Phi) is 4.40. The summed E-state index contributed by atoms with van der Waals surface area (Å²) in [5.41, 5.74) is 8.78. The molecule has 2 aromatic carbocycles. The molecule has 0 aliphatic carbocycles. The maximum atomic E-state index is 14.0. The summed E-state index contributed by atoms with van der Waals surface area (Å²) in [6.07, 6.45) is 0.654. The molecule has 2 rings (SSSR count). The Balaban J connectivity index is 2.21. The highest BCUT2D eigenvalue weighted by molar-refractivity contribution is 5.38. The summed E-state index contributed by atoms with van der Waals surface area (Å²) in [6.45, 7) is 5.88. The van der Waals surface area contributed by atoms with Gasteiger partial charge < -0.3 is 10.5 Å². The number of benzene rings is 2. The average Bonchev–Trinajstić information content (AvgIpc) is 2.30. The second kappa shape index (κ2) is 6.06. The van der Waals surface area contributed by atoms with Crippen molar-refractivity contribution in [3.63, 3.8) is 0 Å². The molecule has 1 atom stereocenters. The molecule has 0 saturated carbocycles. The number of aryl methyl sites for hydroxylation is 2. The van der Waals surface area contributed by atoms with Gasteiger partial charge in [-0.3, -0.25) is 0 Å². The fourth-order valence-electron chi connectivity index (χ4n) is 2.24. The Morgan fingerprint density at radius 3 is 2.30 bits per heavy atom. The number of rotatable bonds is 4. The molecular weight excluding hydrogens is 253 g/mol. The van der Waals surface area contributed by atoms with Crippen LogP contribution < -0.4 is 10.5 Å². The molecule has 0 aromatic heterocycles. The van der Waals surface area contributed by atoms with Gasteiger partial charge in [-0.05, 0) is 68.1 Å². The predicted octanol–water partition coefficient (Wildman–Crippen LogP) is 4.12. The van der Waals surface area contributed by atoms with Crippen LogP contribution in [0.3, 0.4) is 0 Å². The maximum Gasteiger partial charge on any atom is 0.165 e. The van der Waals surface area contributed by atoms with Crippen molar-refractivity contribution in [1.82, 2.24) is 0 Å². The molecule has 0 saturated heterocycles. The molecule has 0 spiro atoms. The van der Waals surface area contributed by atoms with Gasteiger partial charge in [0.05, 0.1) is 0 Å². The van der Waals surface area contributed by atoms with Gasteiger partial charge in [-0.15, -0.1) is 0 Å². The lowest BCUT2D eigenvalue weighted by Gasteiger charge is -2.11. The number of hydrogen-bond acceptors (Lipinski definition) is 2. The first-order valence-corrected chi connectivity index (χ1v) is 6.74. The van der Waals surface area contributed by atoms with Gasteiger partial charge in [-0.25, -0.2) is 4.39 Å². The fourth-order valence-corrected chi connectivity index (χ4v) is 2.24. The van der Waals surface area contributed by atoms with Gasteiger partial charge in [-0.1, -0.05) is 12.1 Å². The van der Waals surface area contributed by atoms with Crippen molar-refractivity contribution in [3.8, 4) is 11.5 Å². The monoisotopic (exact) mass is 273 g/mol. The van der Waals surface area contributed by atoms with Crippen LogP contribution in [0.2, 0.25) is 0 Å². The zero-order chi connectivity index (χ0) is 14.7. The van der Waals surface area contributed by atoms with E-state index < -0.39 is 0 Å². The van der Waals surface area contributed by atoms with E-state index in [-0.39, 0.29) is 17.6 Å². The first-order valence-electron chi connectivity index (χ1n) is 6.74. The molecule has 0 bridgehead atoms. The van der Waals surface area contributed by atoms with Crippen LogP contribution in [0.1, 0.15) is 23.6 Å². The van der Waals surface area contributed by atoms with E-state index in [1.54, 1.807) is 6.07 Å². The molecule has 20 heavy (non-hydrogen) atoms. The Hall–Kier alpha value is -1.87. The van der Waals surface area contributed by atoms with Crippen LogP contribution in [0, 0.1) is 19.7 Å². The molecule has 0 heterocycles. The lowest BCUT2D eigenvalue weighted by atomic mass is 10.1. The lowest BCUT2D eigenvalue weighted by Crippen LogP contribution is -2.17. The van der Waals surface area contributed by atoms with Crippen LogP contribution >= 0.6 is 0 Å².